The Hall–Kier alpha value is -2.14. The molecule has 0 saturated carbocycles. The third kappa shape index (κ3) is 2.88. The lowest BCUT2D eigenvalue weighted by Gasteiger charge is -2.10. The smallest absolute Gasteiger partial charge is 0.228 e. The van der Waals surface area contributed by atoms with Crippen LogP contribution in [-0.4, -0.2) is 28.8 Å². The van der Waals surface area contributed by atoms with Crippen molar-refractivity contribution in [1.29, 1.82) is 0 Å². The molecule has 0 radical (unpaired) electrons. The van der Waals surface area contributed by atoms with Gasteiger partial charge in [0.25, 0.3) is 0 Å². The average molecular weight is 271 g/mol. The Morgan fingerprint density at radius 1 is 1.40 bits per heavy atom. The molecule has 1 fully saturated rings. The van der Waals surface area contributed by atoms with E-state index >= 15 is 0 Å². The molecule has 1 aromatic carbocycles. The second-order valence-corrected chi connectivity index (χ2v) is 4.91. The molecule has 5 heteroatoms. The lowest BCUT2D eigenvalue weighted by atomic mass is 10.1. The maximum Gasteiger partial charge on any atom is 0.228 e. The molecule has 20 heavy (non-hydrogen) atoms. The number of carbonyl (C=O) groups is 1. The standard InChI is InChI=1S/C15H17N3O2/c19-14(9-12-7-4-8-20-12)17-15-13(10-16-18-15)11-5-2-1-3-6-11/h1-3,5-6,10,12H,4,7-9H2,(H2,16,17,18,19). The molecular formula is C15H17N3O2. The van der Waals surface area contributed by atoms with Crippen LogP contribution in [0.5, 0.6) is 0 Å². The van der Waals surface area contributed by atoms with Crippen LogP contribution in [0.3, 0.4) is 0 Å². The highest BCUT2D eigenvalue weighted by Gasteiger charge is 2.20. The second kappa shape index (κ2) is 5.88. The van der Waals surface area contributed by atoms with Crippen LogP contribution in [0.2, 0.25) is 0 Å². The van der Waals surface area contributed by atoms with Crippen molar-refractivity contribution in [3.05, 3.63) is 36.5 Å². The first-order valence-electron chi connectivity index (χ1n) is 6.83. The van der Waals surface area contributed by atoms with Gasteiger partial charge in [0.2, 0.25) is 5.91 Å². The first-order chi connectivity index (χ1) is 9.83. The number of anilines is 1. The second-order valence-electron chi connectivity index (χ2n) is 4.91. The van der Waals surface area contributed by atoms with E-state index < -0.39 is 0 Å². The Morgan fingerprint density at radius 2 is 2.25 bits per heavy atom. The van der Waals surface area contributed by atoms with E-state index in [1.165, 1.54) is 0 Å². The van der Waals surface area contributed by atoms with Gasteiger partial charge in [-0.1, -0.05) is 30.3 Å². The molecule has 3 rings (SSSR count). The van der Waals surface area contributed by atoms with E-state index in [2.05, 4.69) is 15.5 Å². The number of amides is 1. The van der Waals surface area contributed by atoms with E-state index in [0.29, 0.717) is 12.2 Å². The Kier molecular flexibility index (Phi) is 3.78. The number of carbonyl (C=O) groups excluding carboxylic acids is 1. The largest absolute Gasteiger partial charge is 0.378 e. The zero-order chi connectivity index (χ0) is 13.8. The van der Waals surface area contributed by atoms with Gasteiger partial charge in [0, 0.05) is 12.2 Å². The first-order valence-corrected chi connectivity index (χ1v) is 6.83. The Labute approximate surface area is 117 Å². The first kappa shape index (κ1) is 12.9. The average Bonchev–Trinajstić information content (AvgIpc) is 3.11. The normalized spacial score (nSPS) is 18.1. The molecule has 1 aliphatic heterocycles. The molecule has 2 heterocycles. The third-order valence-corrected chi connectivity index (χ3v) is 3.43. The maximum atomic E-state index is 12.0. The highest BCUT2D eigenvalue weighted by molar-refractivity contribution is 5.94. The number of rotatable bonds is 4. The Morgan fingerprint density at radius 3 is 3.00 bits per heavy atom. The lowest BCUT2D eigenvalue weighted by Crippen LogP contribution is -2.19. The predicted molar refractivity (Wildman–Crippen MR) is 76.2 cm³/mol. The Balaban J connectivity index is 1.69. The van der Waals surface area contributed by atoms with Crippen molar-refractivity contribution in [2.24, 2.45) is 0 Å². The van der Waals surface area contributed by atoms with Crippen LogP contribution in [0.15, 0.2) is 36.5 Å². The number of ether oxygens (including phenoxy) is 1. The van der Waals surface area contributed by atoms with Crippen LogP contribution < -0.4 is 5.32 Å². The number of benzene rings is 1. The maximum absolute atomic E-state index is 12.0. The number of aromatic amines is 1. The summed E-state index contributed by atoms with van der Waals surface area (Å²) in [5, 5.41) is 9.73. The van der Waals surface area contributed by atoms with Gasteiger partial charge in [0.05, 0.1) is 18.7 Å². The summed E-state index contributed by atoms with van der Waals surface area (Å²) in [5.41, 5.74) is 1.92. The van der Waals surface area contributed by atoms with Crippen LogP contribution in [0.1, 0.15) is 19.3 Å². The van der Waals surface area contributed by atoms with Crippen molar-refractivity contribution in [2.45, 2.75) is 25.4 Å². The van der Waals surface area contributed by atoms with Crippen LogP contribution in [-0.2, 0) is 9.53 Å². The van der Waals surface area contributed by atoms with E-state index in [4.69, 9.17) is 4.74 Å². The van der Waals surface area contributed by atoms with Gasteiger partial charge >= 0.3 is 0 Å². The summed E-state index contributed by atoms with van der Waals surface area (Å²) < 4.78 is 5.47. The van der Waals surface area contributed by atoms with Crippen LogP contribution in [0.4, 0.5) is 5.82 Å². The zero-order valence-corrected chi connectivity index (χ0v) is 11.1. The van der Waals surface area contributed by atoms with Gasteiger partial charge in [-0.3, -0.25) is 9.89 Å². The molecule has 1 saturated heterocycles. The van der Waals surface area contributed by atoms with Crippen molar-refractivity contribution < 1.29 is 9.53 Å². The minimum absolute atomic E-state index is 0.0432. The third-order valence-electron chi connectivity index (χ3n) is 3.43. The number of aromatic nitrogens is 2. The highest BCUT2D eigenvalue weighted by atomic mass is 16.5. The molecule has 1 atom stereocenters. The SMILES string of the molecule is O=C(CC1CCCO1)Nc1[nH]ncc1-c1ccccc1. The topological polar surface area (TPSA) is 67.0 Å². The Bertz CT molecular complexity index is 574. The molecule has 2 N–H and O–H groups in total. The van der Waals surface area contributed by atoms with Crippen LogP contribution in [0, 0.1) is 0 Å². The van der Waals surface area contributed by atoms with Crippen LogP contribution in [0.25, 0.3) is 11.1 Å². The van der Waals surface area contributed by atoms with Gasteiger partial charge in [-0.2, -0.15) is 5.10 Å². The molecule has 2 aromatic rings. The molecule has 1 aliphatic rings. The molecule has 1 aromatic heterocycles. The number of hydrogen-bond acceptors (Lipinski definition) is 3. The van der Waals surface area contributed by atoms with Gasteiger partial charge in [0.15, 0.2) is 0 Å². The minimum Gasteiger partial charge on any atom is -0.378 e. The summed E-state index contributed by atoms with van der Waals surface area (Å²) in [7, 11) is 0. The molecule has 1 unspecified atom stereocenters. The number of hydrogen-bond donors (Lipinski definition) is 2. The molecule has 5 nitrogen and oxygen atoms in total. The molecule has 1 amide bonds. The van der Waals surface area contributed by atoms with E-state index in [9.17, 15) is 4.79 Å². The summed E-state index contributed by atoms with van der Waals surface area (Å²) in [4.78, 5) is 12.0. The fourth-order valence-electron chi connectivity index (χ4n) is 2.42. The number of nitrogens with zero attached hydrogens (tertiary/aromatic N) is 1. The van der Waals surface area contributed by atoms with E-state index in [1.54, 1.807) is 6.20 Å². The van der Waals surface area contributed by atoms with Gasteiger partial charge < -0.3 is 10.1 Å². The summed E-state index contributed by atoms with van der Waals surface area (Å²) in [5.74, 6) is 0.595. The van der Waals surface area contributed by atoms with Crippen molar-refractivity contribution in [3.63, 3.8) is 0 Å². The van der Waals surface area contributed by atoms with Gasteiger partial charge in [-0.25, -0.2) is 0 Å². The molecule has 0 bridgehead atoms. The van der Waals surface area contributed by atoms with Gasteiger partial charge in [-0.15, -0.1) is 0 Å². The molecular weight excluding hydrogens is 254 g/mol. The van der Waals surface area contributed by atoms with Gasteiger partial charge in [-0.05, 0) is 18.4 Å². The fourth-order valence-corrected chi connectivity index (χ4v) is 2.42. The molecule has 104 valence electrons. The van der Waals surface area contributed by atoms with Crippen molar-refractivity contribution in [1.82, 2.24) is 10.2 Å². The van der Waals surface area contributed by atoms with E-state index in [1.807, 2.05) is 30.3 Å². The summed E-state index contributed by atoms with van der Waals surface area (Å²) in [6.45, 7) is 0.761. The van der Waals surface area contributed by atoms with Crippen LogP contribution >= 0.6 is 0 Å². The summed E-state index contributed by atoms with van der Waals surface area (Å²) in [6.07, 6.45) is 4.17. The monoisotopic (exact) mass is 271 g/mol. The zero-order valence-electron chi connectivity index (χ0n) is 11.1. The van der Waals surface area contributed by atoms with E-state index in [0.717, 1.165) is 30.6 Å². The van der Waals surface area contributed by atoms with Crippen molar-refractivity contribution in [3.8, 4) is 11.1 Å². The number of H-pyrrole nitrogens is 1. The lowest BCUT2D eigenvalue weighted by molar-refractivity contribution is -0.118. The van der Waals surface area contributed by atoms with Crippen molar-refractivity contribution in [2.75, 3.05) is 11.9 Å². The van der Waals surface area contributed by atoms with E-state index in [-0.39, 0.29) is 12.0 Å². The molecule has 0 aliphatic carbocycles. The highest BCUT2D eigenvalue weighted by Crippen LogP contribution is 2.25. The number of nitrogens with one attached hydrogen (secondary N) is 2. The summed E-state index contributed by atoms with van der Waals surface area (Å²) >= 11 is 0. The predicted octanol–water partition coefficient (Wildman–Crippen LogP) is 2.58. The molecule has 0 spiro atoms. The minimum atomic E-state index is -0.0432. The fraction of sp³-hybridized carbons (Fsp3) is 0.333. The van der Waals surface area contributed by atoms with Crippen molar-refractivity contribution >= 4 is 11.7 Å². The summed E-state index contributed by atoms with van der Waals surface area (Å²) in [6, 6.07) is 9.85. The quantitative estimate of drug-likeness (QED) is 0.898. The van der Waals surface area contributed by atoms with Gasteiger partial charge in [0.1, 0.15) is 5.82 Å².